The van der Waals surface area contributed by atoms with E-state index in [-0.39, 0.29) is 17.8 Å². The van der Waals surface area contributed by atoms with Gasteiger partial charge in [0, 0.05) is 11.3 Å². The summed E-state index contributed by atoms with van der Waals surface area (Å²) in [4.78, 5) is 22.2. The Balaban J connectivity index is 0.000000782. The smallest absolute Gasteiger partial charge is 0.490 e. The van der Waals surface area contributed by atoms with Gasteiger partial charge < -0.3 is 25.6 Å². The molecule has 0 aromatic heterocycles. The fraction of sp³-hybridized carbons (Fsp3) is 0.250. The molecule has 0 heterocycles. The number of carbonyl (C=O) groups is 2. The van der Waals surface area contributed by atoms with Gasteiger partial charge in [-0.1, -0.05) is 29.8 Å². The van der Waals surface area contributed by atoms with Crippen LogP contribution < -0.4 is 31.4 Å². The summed E-state index contributed by atoms with van der Waals surface area (Å²) in [7, 11) is 0. The molecule has 7 N–H and O–H groups in total. The average Bonchev–Trinajstić information content (AvgIpc) is 2.92. The molecule has 3 aromatic rings. The SMILES string of the molecule is CCOc1cc(C(Nc2ccc(C(=N)N)cc2)C(=O)NNc2ccccc2Cl)ccc1OC(C)C.O=C(O)C(F)(F)F. The Kier molecular flexibility index (Phi) is 12.3. The van der Waals surface area contributed by atoms with Crippen LogP contribution in [-0.4, -0.2) is 41.7 Å². The largest absolute Gasteiger partial charge is 0.490 e. The highest BCUT2D eigenvalue weighted by atomic mass is 35.5. The average molecular weight is 610 g/mol. The maximum Gasteiger partial charge on any atom is 0.490 e. The van der Waals surface area contributed by atoms with Gasteiger partial charge in [-0.15, -0.1) is 0 Å². The second-order valence-electron chi connectivity index (χ2n) is 8.77. The number of carboxylic acids is 1. The maximum absolute atomic E-state index is 13.3. The van der Waals surface area contributed by atoms with Crippen LogP contribution in [0.4, 0.5) is 24.5 Å². The van der Waals surface area contributed by atoms with Crippen LogP contribution in [0.15, 0.2) is 66.7 Å². The second-order valence-corrected chi connectivity index (χ2v) is 9.18. The number of anilines is 2. The van der Waals surface area contributed by atoms with Crippen LogP contribution in [0.3, 0.4) is 0 Å². The highest BCUT2D eigenvalue weighted by Gasteiger charge is 2.38. The Morgan fingerprint density at radius 1 is 1.05 bits per heavy atom. The molecule has 0 saturated carbocycles. The lowest BCUT2D eigenvalue weighted by atomic mass is 10.0. The molecule has 3 rings (SSSR count). The quantitative estimate of drug-likeness (QED) is 0.0912. The topological polar surface area (TPSA) is 159 Å². The minimum absolute atomic E-state index is 0.0307. The molecular formula is C28H31ClF3N5O5. The number of halogens is 4. The van der Waals surface area contributed by atoms with E-state index in [4.69, 9.17) is 42.1 Å². The van der Waals surface area contributed by atoms with Gasteiger partial charge in [0.2, 0.25) is 0 Å². The summed E-state index contributed by atoms with van der Waals surface area (Å²) in [5.74, 6) is -1.99. The molecule has 14 heteroatoms. The van der Waals surface area contributed by atoms with E-state index in [1.807, 2.05) is 32.9 Å². The summed E-state index contributed by atoms with van der Waals surface area (Å²) in [5, 5.41) is 18.4. The zero-order valence-corrected chi connectivity index (χ0v) is 23.6. The van der Waals surface area contributed by atoms with Crippen LogP contribution in [-0.2, 0) is 9.59 Å². The minimum atomic E-state index is -5.08. The number of alkyl halides is 3. The number of amides is 1. The number of nitrogens with one attached hydrogen (secondary N) is 4. The lowest BCUT2D eigenvalue weighted by Crippen LogP contribution is -2.37. The Bertz CT molecular complexity index is 1370. The van der Waals surface area contributed by atoms with Crippen LogP contribution in [0.5, 0.6) is 11.5 Å². The van der Waals surface area contributed by atoms with Crippen molar-refractivity contribution in [3.8, 4) is 11.5 Å². The van der Waals surface area contributed by atoms with Gasteiger partial charge in [0.05, 0.1) is 23.4 Å². The monoisotopic (exact) mass is 609 g/mol. The molecule has 0 aliphatic heterocycles. The van der Waals surface area contributed by atoms with Gasteiger partial charge in [0.15, 0.2) is 11.5 Å². The van der Waals surface area contributed by atoms with E-state index >= 15 is 0 Å². The molecule has 42 heavy (non-hydrogen) atoms. The first kappa shape index (κ1) is 33.6. The normalized spacial score (nSPS) is 11.4. The number of amidine groups is 1. The van der Waals surface area contributed by atoms with E-state index in [2.05, 4.69) is 16.2 Å². The Labute approximate surface area is 245 Å². The number of nitrogens with two attached hydrogens (primary N) is 1. The lowest BCUT2D eigenvalue weighted by molar-refractivity contribution is -0.192. The molecule has 10 nitrogen and oxygen atoms in total. The minimum Gasteiger partial charge on any atom is -0.490 e. The van der Waals surface area contributed by atoms with Crippen LogP contribution >= 0.6 is 11.6 Å². The van der Waals surface area contributed by atoms with Crippen molar-refractivity contribution in [3.05, 3.63) is 82.9 Å². The van der Waals surface area contributed by atoms with Crippen LogP contribution in [0, 0.1) is 5.41 Å². The highest BCUT2D eigenvalue weighted by molar-refractivity contribution is 6.33. The molecule has 226 valence electrons. The van der Waals surface area contributed by atoms with Gasteiger partial charge in [-0.3, -0.25) is 21.1 Å². The number of hydrogen-bond donors (Lipinski definition) is 6. The number of nitrogen functional groups attached to an aromatic ring is 1. The summed E-state index contributed by atoms with van der Waals surface area (Å²) >= 11 is 6.20. The molecule has 0 fully saturated rings. The van der Waals surface area contributed by atoms with Gasteiger partial charge in [-0.25, -0.2) is 4.79 Å². The molecule has 1 unspecified atom stereocenters. The van der Waals surface area contributed by atoms with E-state index in [0.29, 0.717) is 45.6 Å². The van der Waals surface area contributed by atoms with Crippen molar-refractivity contribution >= 4 is 40.7 Å². The van der Waals surface area contributed by atoms with E-state index in [1.54, 1.807) is 54.6 Å². The van der Waals surface area contributed by atoms with E-state index in [9.17, 15) is 18.0 Å². The van der Waals surface area contributed by atoms with Crippen molar-refractivity contribution in [2.45, 2.75) is 39.1 Å². The molecular weight excluding hydrogens is 579 g/mol. The summed E-state index contributed by atoms with van der Waals surface area (Å²) in [5.41, 5.74) is 13.7. The molecule has 0 saturated heterocycles. The van der Waals surface area contributed by atoms with E-state index < -0.39 is 18.2 Å². The van der Waals surface area contributed by atoms with E-state index in [1.165, 1.54) is 0 Å². The van der Waals surface area contributed by atoms with Gasteiger partial charge in [0.1, 0.15) is 11.9 Å². The summed E-state index contributed by atoms with van der Waals surface area (Å²) in [6.45, 7) is 6.21. The number of rotatable bonds is 11. The molecule has 1 amide bonds. The zero-order valence-electron chi connectivity index (χ0n) is 22.9. The molecule has 0 aliphatic carbocycles. The molecule has 1 atom stereocenters. The Morgan fingerprint density at radius 2 is 1.67 bits per heavy atom. The first-order valence-electron chi connectivity index (χ1n) is 12.5. The van der Waals surface area contributed by atoms with Gasteiger partial charge in [-0.05, 0) is 74.9 Å². The van der Waals surface area contributed by atoms with Crippen molar-refractivity contribution in [2.75, 3.05) is 17.3 Å². The Morgan fingerprint density at radius 3 is 2.19 bits per heavy atom. The van der Waals surface area contributed by atoms with Crippen molar-refractivity contribution in [2.24, 2.45) is 5.73 Å². The number of hydrogen-bond acceptors (Lipinski definition) is 7. The first-order valence-corrected chi connectivity index (χ1v) is 12.9. The zero-order chi connectivity index (χ0) is 31.4. The third-order valence-electron chi connectivity index (χ3n) is 5.17. The number of carbonyl (C=O) groups excluding carboxylic acids is 1. The summed E-state index contributed by atoms with van der Waals surface area (Å²) in [6.07, 6.45) is -5.11. The van der Waals surface area contributed by atoms with Crippen molar-refractivity contribution in [1.82, 2.24) is 5.43 Å². The number of aliphatic carboxylic acids is 1. The van der Waals surface area contributed by atoms with Gasteiger partial charge in [0.25, 0.3) is 5.91 Å². The number of benzene rings is 3. The maximum atomic E-state index is 13.3. The van der Waals surface area contributed by atoms with Crippen molar-refractivity contribution in [1.29, 1.82) is 5.41 Å². The third kappa shape index (κ3) is 10.4. The molecule has 0 bridgehead atoms. The molecule has 0 aliphatic rings. The van der Waals surface area contributed by atoms with Crippen LogP contribution in [0.1, 0.15) is 37.9 Å². The molecule has 0 radical (unpaired) electrons. The Hall–Kier alpha value is -4.65. The van der Waals surface area contributed by atoms with E-state index in [0.717, 1.165) is 0 Å². The highest BCUT2D eigenvalue weighted by Crippen LogP contribution is 2.33. The lowest BCUT2D eigenvalue weighted by Gasteiger charge is -2.23. The predicted octanol–water partition coefficient (Wildman–Crippen LogP) is 5.74. The summed E-state index contributed by atoms with van der Waals surface area (Å²) in [6, 6.07) is 18.7. The van der Waals surface area contributed by atoms with Crippen LogP contribution in [0.2, 0.25) is 5.02 Å². The predicted molar refractivity (Wildman–Crippen MR) is 154 cm³/mol. The number of ether oxygens (including phenoxy) is 2. The third-order valence-corrected chi connectivity index (χ3v) is 5.50. The number of hydrazine groups is 1. The van der Waals surface area contributed by atoms with Crippen molar-refractivity contribution < 1.29 is 37.3 Å². The first-order chi connectivity index (χ1) is 19.7. The van der Waals surface area contributed by atoms with Crippen LogP contribution in [0.25, 0.3) is 0 Å². The molecule has 3 aromatic carbocycles. The summed E-state index contributed by atoms with van der Waals surface area (Å²) < 4.78 is 43.4. The number of para-hydroxylation sites is 1. The van der Waals surface area contributed by atoms with Crippen molar-refractivity contribution in [3.63, 3.8) is 0 Å². The van der Waals surface area contributed by atoms with Gasteiger partial charge in [-0.2, -0.15) is 13.2 Å². The second kappa shape index (κ2) is 15.4. The number of carboxylic acid groups (broad SMARTS) is 1. The van der Waals surface area contributed by atoms with Gasteiger partial charge >= 0.3 is 12.1 Å². The molecule has 0 spiro atoms. The standard InChI is InChI=1S/C26H30ClN5O3.C2HF3O2/c1-4-34-23-15-18(11-14-22(23)35-16(2)3)24(30-19-12-9-17(10-13-19)25(28)29)26(33)32-31-21-8-6-5-7-20(21)27;3-2(4,5)1(6)7/h5-16,24,30-31H,4H2,1-3H3,(H3,28,29)(H,32,33);(H,6,7). The fourth-order valence-electron chi connectivity index (χ4n) is 3.30. The fourth-order valence-corrected chi connectivity index (χ4v) is 3.48.